The van der Waals surface area contributed by atoms with E-state index < -0.39 is 0 Å². The molecule has 1 atom stereocenters. The van der Waals surface area contributed by atoms with Crippen LogP contribution in [0, 0.1) is 20.8 Å². The lowest BCUT2D eigenvalue weighted by Crippen LogP contribution is -2.07. The standard InChI is InChI=1S/C14H18BrN3/c1-8-10(3)17-18(11(8)4)12-5-6-13(9(2)16)14(15)7-12/h5-7,9H,16H2,1-4H3. The van der Waals surface area contributed by atoms with Gasteiger partial charge in [-0.05, 0) is 51.0 Å². The van der Waals surface area contributed by atoms with Crippen molar-refractivity contribution in [3.05, 3.63) is 45.2 Å². The lowest BCUT2D eigenvalue weighted by Gasteiger charge is -2.11. The molecule has 0 bridgehead atoms. The first-order valence-corrected chi connectivity index (χ1v) is 6.79. The van der Waals surface area contributed by atoms with Crippen molar-refractivity contribution < 1.29 is 0 Å². The molecule has 0 fully saturated rings. The predicted octanol–water partition coefficient (Wildman–Crippen LogP) is 3.58. The van der Waals surface area contributed by atoms with E-state index >= 15 is 0 Å². The van der Waals surface area contributed by atoms with Crippen LogP contribution in [0.15, 0.2) is 22.7 Å². The summed E-state index contributed by atoms with van der Waals surface area (Å²) in [5.74, 6) is 0. The third-order valence-electron chi connectivity index (χ3n) is 3.37. The maximum atomic E-state index is 5.91. The van der Waals surface area contributed by atoms with Gasteiger partial charge in [-0.15, -0.1) is 0 Å². The molecule has 0 saturated heterocycles. The summed E-state index contributed by atoms with van der Waals surface area (Å²) in [5, 5.41) is 4.56. The van der Waals surface area contributed by atoms with Gasteiger partial charge in [-0.3, -0.25) is 0 Å². The number of nitrogens with two attached hydrogens (primary N) is 1. The minimum absolute atomic E-state index is 0.0237. The molecule has 0 saturated carbocycles. The molecule has 4 heteroatoms. The summed E-state index contributed by atoms with van der Waals surface area (Å²) in [5.41, 5.74) is 11.6. The van der Waals surface area contributed by atoms with E-state index in [1.54, 1.807) is 0 Å². The number of benzene rings is 1. The Morgan fingerprint density at radius 3 is 2.39 bits per heavy atom. The van der Waals surface area contributed by atoms with Gasteiger partial charge in [0.25, 0.3) is 0 Å². The van der Waals surface area contributed by atoms with Gasteiger partial charge in [0.2, 0.25) is 0 Å². The zero-order valence-electron chi connectivity index (χ0n) is 11.2. The summed E-state index contributed by atoms with van der Waals surface area (Å²) in [6, 6.07) is 6.20. The highest BCUT2D eigenvalue weighted by molar-refractivity contribution is 9.10. The van der Waals surface area contributed by atoms with E-state index in [1.807, 2.05) is 18.5 Å². The van der Waals surface area contributed by atoms with Crippen molar-refractivity contribution in [1.82, 2.24) is 9.78 Å². The second kappa shape index (κ2) is 4.86. The average molecular weight is 308 g/mol. The Balaban J connectivity index is 2.52. The number of hydrogen-bond donors (Lipinski definition) is 1. The summed E-state index contributed by atoms with van der Waals surface area (Å²) in [4.78, 5) is 0. The molecule has 2 N–H and O–H groups in total. The van der Waals surface area contributed by atoms with Gasteiger partial charge in [-0.25, -0.2) is 4.68 Å². The number of aryl methyl sites for hydroxylation is 1. The van der Waals surface area contributed by atoms with Gasteiger partial charge in [-0.2, -0.15) is 5.10 Å². The molecule has 1 unspecified atom stereocenters. The van der Waals surface area contributed by atoms with E-state index in [-0.39, 0.29) is 6.04 Å². The van der Waals surface area contributed by atoms with Crippen LogP contribution in [0.2, 0.25) is 0 Å². The lowest BCUT2D eigenvalue weighted by atomic mass is 10.1. The van der Waals surface area contributed by atoms with Crippen molar-refractivity contribution >= 4 is 15.9 Å². The van der Waals surface area contributed by atoms with Crippen LogP contribution in [0.1, 0.15) is 35.5 Å². The van der Waals surface area contributed by atoms with E-state index in [1.165, 1.54) is 11.3 Å². The van der Waals surface area contributed by atoms with Gasteiger partial charge in [0.1, 0.15) is 0 Å². The third kappa shape index (κ3) is 2.22. The largest absolute Gasteiger partial charge is 0.324 e. The summed E-state index contributed by atoms with van der Waals surface area (Å²) >= 11 is 3.57. The molecule has 0 amide bonds. The zero-order chi connectivity index (χ0) is 13.4. The summed E-state index contributed by atoms with van der Waals surface area (Å²) in [6.07, 6.45) is 0. The van der Waals surface area contributed by atoms with E-state index in [2.05, 4.69) is 53.1 Å². The van der Waals surface area contributed by atoms with E-state index in [0.717, 1.165) is 21.4 Å². The fraction of sp³-hybridized carbons (Fsp3) is 0.357. The predicted molar refractivity (Wildman–Crippen MR) is 78.1 cm³/mol. The van der Waals surface area contributed by atoms with Gasteiger partial charge in [0.15, 0.2) is 0 Å². The molecular weight excluding hydrogens is 290 g/mol. The lowest BCUT2D eigenvalue weighted by molar-refractivity contribution is 0.803. The SMILES string of the molecule is Cc1nn(-c2ccc(C(C)N)c(Br)c2)c(C)c1C. The number of aromatic nitrogens is 2. The molecule has 1 aromatic heterocycles. The minimum Gasteiger partial charge on any atom is -0.324 e. The minimum atomic E-state index is 0.0237. The summed E-state index contributed by atoms with van der Waals surface area (Å²) < 4.78 is 3.00. The highest BCUT2D eigenvalue weighted by Gasteiger charge is 2.11. The average Bonchev–Trinajstić information content (AvgIpc) is 2.56. The Morgan fingerprint density at radius 2 is 1.94 bits per heavy atom. The zero-order valence-corrected chi connectivity index (χ0v) is 12.7. The Bertz CT molecular complexity index is 585. The molecule has 0 aliphatic carbocycles. The van der Waals surface area contributed by atoms with Crippen molar-refractivity contribution in [3.8, 4) is 5.69 Å². The number of hydrogen-bond acceptors (Lipinski definition) is 2. The molecule has 18 heavy (non-hydrogen) atoms. The Labute approximate surface area is 116 Å². The maximum absolute atomic E-state index is 5.91. The van der Waals surface area contributed by atoms with Crippen LogP contribution in [-0.2, 0) is 0 Å². The van der Waals surface area contributed by atoms with Crippen molar-refractivity contribution in [1.29, 1.82) is 0 Å². The molecule has 96 valence electrons. The molecule has 2 rings (SSSR count). The van der Waals surface area contributed by atoms with Crippen molar-refractivity contribution in [2.75, 3.05) is 0 Å². The van der Waals surface area contributed by atoms with Crippen molar-refractivity contribution in [2.45, 2.75) is 33.7 Å². The maximum Gasteiger partial charge on any atom is 0.0660 e. The van der Waals surface area contributed by atoms with Gasteiger partial charge in [0, 0.05) is 16.2 Å². The first kappa shape index (κ1) is 13.3. The molecule has 0 aliphatic rings. The first-order valence-electron chi connectivity index (χ1n) is 6.00. The second-order valence-electron chi connectivity index (χ2n) is 4.70. The second-order valence-corrected chi connectivity index (χ2v) is 5.56. The molecule has 1 aromatic carbocycles. The van der Waals surface area contributed by atoms with Gasteiger partial charge in [0.05, 0.1) is 11.4 Å². The smallest absolute Gasteiger partial charge is 0.0660 e. The Morgan fingerprint density at radius 1 is 1.28 bits per heavy atom. The van der Waals surface area contributed by atoms with Crippen LogP contribution >= 0.6 is 15.9 Å². The normalized spacial score (nSPS) is 12.8. The monoisotopic (exact) mass is 307 g/mol. The molecule has 0 aliphatic heterocycles. The van der Waals surface area contributed by atoms with E-state index in [4.69, 9.17) is 5.73 Å². The quantitative estimate of drug-likeness (QED) is 0.921. The van der Waals surface area contributed by atoms with Crippen LogP contribution in [0.3, 0.4) is 0 Å². The third-order valence-corrected chi connectivity index (χ3v) is 4.06. The van der Waals surface area contributed by atoms with Crippen LogP contribution in [0.5, 0.6) is 0 Å². The van der Waals surface area contributed by atoms with Crippen LogP contribution in [0.25, 0.3) is 5.69 Å². The van der Waals surface area contributed by atoms with Crippen molar-refractivity contribution in [3.63, 3.8) is 0 Å². The molecular formula is C14H18BrN3. The topological polar surface area (TPSA) is 43.8 Å². The van der Waals surface area contributed by atoms with Crippen LogP contribution in [0.4, 0.5) is 0 Å². The highest BCUT2D eigenvalue weighted by Crippen LogP contribution is 2.26. The Hall–Kier alpha value is -1.13. The van der Waals surface area contributed by atoms with Gasteiger partial charge >= 0.3 is 0 Å². The summed E-state index contributed by atoms with van der Waals surface area (Å²) in [7, 11) is 0. The molecule has 1 heterocycles. The fourth-order valence-corrected chi connectivity index (χ4v) is 2.72. The van der Waals surface area contributed by atoms with E-state index in [9.17, 15) is 0 Å². The van der Waals surface area contributed by atoms with Gasteiger partial charge < -0.3 is 5.73 Å². The molecule has 3 nitrogen and oxygen atoms in total. The van der Waals surface area contributed by atoms with Crippen LogP contribution in [-0.4, -0.2) is 9.78 Å². The number of rotatable bonds is 2. The number of nitrogens with zero attached hydrogens (tertiary/aromatic N) is 2. The highest BCUT2D eigenvalue weighted by atomic mass is 79.9. The molecule has 0 spiro atoms. The summed E-state index contributed by atoms with van der Waals surface area (Å²) in [6.45, 7) is 8.19. The first-order chi connectivity index (χ1) is 8.41. The van der Waals surface area contributed by atoms with Crippen molar-refractivity contribution in [2.24, 2.45) is 5.73 Å². The molecule has 0 radical (unpaired) electrons. The fourth-order valence-electron chi connectivity index (χ4n) is 1.99. The van der Waals surface area contributed by atoms with Gasteiger partial charge in [-0.1, -0.05) is 22.0 Å². The van der Waals surface area contributed by atoms with E-state index in [0.29, 0.717) is 0 Å². The van der Waals surface area contributed by atoms with Crippen LogP contribution < -0.4 is 5.73 Å². The molecule has 2 aromatic rings. The number of halogens is 1. The Kier molecular flexibility index (Phi) is 3.59.